The maximum atomic E-state index is 12.8. The van der Waals surface area contributed by atoms with Crippen molar-refractivity contribution in [1.29, 1.82) is 0 Å². The van der Waals surface area contributed by atoms with Gasteiger partial charge in [-0.15, -0.1) is 0 Å². The summed E-state index contributed by atoms with van der Waals surface area (Å²) < 4.78 is 43.7. The summed E-state index contributed by atoms with van der Waals surface area (Å²) in [5, 5.41) is 12.6. The lowest BCUT2D eigenvalue weighted by Gasteiger charge is -2.28. The maximum Gasteiger partial charge on any atom is 0.389 e. The predicted octanol–water partition coefficient (Wildman–Crippen LogP) is 5.09. The molecule has 1 aromatic carbocycles. The average Bonchev–Trinajstić information content (AvgIpc) is 3.31. The zero-order valence-electron chi connectivity index (χ0n) is 21.1. The fourth-order valence-electron chi connectivity index (χ4n) is 4.69. The van der Waals surface area contributed by atoms with Crippen molar-refractivity contribution < 1.29 is 27.8 Å². The summed E-state index contributed by atoms with van der Waals surface area (Å²) in [7, 11) is 0. The van der Waals surface area contributed by atoms with Gasteiger partial charge in [0.15, 0.2) is 0 Å². The molecule has 0 spiro atoms. The molecule has 0 aliphatic carbocycles. The van der Waals surface area contributed by atoms with Crippen molar-refractivity contribution in [2.75, 3.05) is 49.6 Å². The SMILES string of the molecule is Cc1ccc(NC(=O)N2CC[C@@H](CC(F)(F)F)C2)cc1-c1cc(/C=C/[C@@H](C)O)nc(N2CCOCC2)c1. The number of rotatable bonds is 6. The molecule has 4 rings (SSSR count). The van der Waals surface area contributed by atoms with E-state index in [1.54, 1.807) is 25.1 Å². The standard InChI is InChI=1S/C27H33F3N4O3/c1-18-3-5-23(32-26(36)34-8-7-20(17-34)16-27(28,29)30)15-24(18)21-13-22(6-4-19(2)35)31-25(14-21)33-9-11-37-12-10-33/h3-6,13-15,19-20,35H,7-12,16-17H2,1-2H3,(H,32,36)/b6-4+/t19-,20+/m1/s1. The predicted molar refractivity (Wildman–Crippen MR) is 138 cm³/mol. The highest BCUT2D eigenvalue weighted by Crippen LogP contribution is 2.32. The summed E-state index contributed by atoms with van der Waals surface area (Å²) in [6, 6.07) is 9.10. The van der Waals surface area contributed by atoms with E-state index < -0.39 is 30.7 Å². The highest BCUT2D eigenvalue weighted by molar-refractivity contribution is 5.91. The number of hydrogen-bond donors (Lipinski definition) is 2. The molecule has 1 aromatic heterocycles. The number of aliphatic hydroxyl groups is 1. The summed E-state index contributed by atoms with van der Waals surface area (Å²) in [5.74, 6) is 0.232. The Labute approximate surface area is 214 Å². The number of likely N-dealkylation sites (tertiary alicyclic amines) is 1. The Bertz CT molecular complexity index is 1130. The van der Waals surface area contributed by atoms with Crippen molar-refractivity contribution in [2.24, 2.45) is 5.92 Å². The van der Waals surface area contributed by atoms with Crippen molar-refractivity contribution >= 4 is 23.6 Å². The van der Waals surface area contributed by atoms with Crippen LogP contribution in [0.2, 0.25) is 0 Å². The number of aromatic nitrogens is 1. The number of hydrogen-bond acceptors (Lipinski definition) is 5. The molecule has 2 aromatic rings. The van der Waals surface area contributed by atoms with Gasteiger partial charge in [-0.2, -0.15) is 13.2 Å². The Balaban J connectivity index is 1.56. The molecule has 2 atom stereocenters. The van der Waals surface area contributed by atoms with Gasteiger partial charge < -0.3 is 25.0 Å². The largest absolute Gasteiger partial charge is 0.389 e. The van der Waals surface area contributed by atoms with Crippen molar-refractivity contribution in [3.05, 3.63) is 47.7 Å². The molecule has 2 amide bonds. The van der Waals surface area contributed by atoms with E-state index in [4.69, 9.17) is 9.72 Å². The minimum absolute atomic E-state index is 0.0936. The third-order valence-electron chi connectivity index (χ3n) is 6.61. The highest BCUT2D eigenvalue weighted by atomic mass is 19.4. The second-order valence-corrected chi connectivity index (χ2v) is 9.72. The zero-order valence-corrected chi connectivity index (χ0v) is 21.1. The molecule has 3 heterocycles. The van der Waals surface area contributed by atoms with Gasteiger partial charge >= 0.3 is 12.2 Å². The number of benzene rings is 1. The first-order valence-electron chi connectivity index (χ1n) is 12.5. The molecule has 0 unspecified atom stereocenters. The minimum Gasteiger partial charge on any atom is -0.389 e. The molecule has 37 heavy (non-hydrogen) atoms. The number of carbonyl (C=O) groups is 1. The monoisotopic (exact) mass is 518 g/mol. The van der Waals surface area contributed by atoms with E-state index in [0.717, 1.165) is 35.6 Å². The Hall–Kier alpha value is -3.11. The van der Waals surface area contributed by atoms with Crippen LogP contribution in [0.1, 0.15) is 31.0 Å². The number of nitrogens with one attached hydrogen (secondary N) is 1. The number of aliphatic hydroxyl groups excluding tert-OH is 1. The average molecular weight is 519 g/mol. The number of halogens is 3. The Kier molecular flexibility index (Phi) is 8.39. The number of amides is 2. The zero-order chi connectivity index (χ0) is 26.6. The van der Waals surface area contributed by atoms with Crippen molar-refractivity contribution in [1.82, 2.24) is 9.88 Å². The van der Waals surface area contributed by atoms with Crippen LogP contribution in [-0.2, 0) is 4.74 Å². The van der Waals surface area contributed by atoms with Crippen molar-refractivity contribution in [3.63, 3.8) is 0 Å². The third kappa shape index (κ3) is 7.45. The van der Waals surface area contributed by atoms with Crippen LogP contribution in [0.25, 0.3) is 17.2 Å². The molecule has 200 valence electrons. The number of carbonyl (C=O) groups excluding carboxylic acids is 1. The smallest absolute Gasteiger partial charge is 0.389 e. The van der Waals surface area contributed by atoms with Crippen LogP contribution in [0.3, 0.4) is 0 Å². The summed E-state index contributed by atoms with van der Waals surface area (Å²) in [6.07, 6.45) is -1.92. The molecule has 0 bridgehead atoms. The molecule has 0 radical (unpaired) electrons. The summed E-state index contributed by atoms with van der Waals surface area (Å²) in [4.78, 5) is 21.1. The van der Waals surface area contributed by atoms with Gasteiger partial charge in [-0.25, -0.2) is 9.78 Å². The van der Waals surface area contributed by atoms with Crippen molar-refractivity contribution in [2.45, 2.75) is 39.0 Å². The number of urea groups is 1. The van der Waals surface area contributed by atoms with E-state index in [1.807, 2.05) is 31.2 Å². The van der Waals surface area contributed by atoms with Gasteiger partial charge in [0.1, 0.15) is 5.82 Å². The first kappa shape index (κ1) is 26.9. The normalized spacial score (nSPS) is 19.5. The number of pyridine rings is 1. The van der Waals surface area contributed by atoms with Crippen LogP contribution in [0.4, 0.5) is 29.5 Å². The van der Waals surface area contributed by atoms with Gasteiger partial charge in [-0.1, -0.05) is 12.1 Å². The van der Waals surface area contributed by atoms with E-state index in [0.29, 0.717) is 37.6 Å². The third-order valence-corrected chi connectivity index (χ3v) is 6.61. The van der Waals surface area contributed by atoms with Gasteiger partial charge in [0.05, 0.1) is 25.0 Å². The molecule has 2 aliphatic rings. The summed E-state index contributed by atoms with van der Waals surface area (Å²) in [6.45, 7) is 6.71. The lowest BCUT2D eigenvalue weighted by molar-refractivity contribution is -0.143. The van der Waals surface area contributed by atoms with Gasteiger partial charge in [0, 0.05) is 38.3 Å². The van der Waals surface area contributed by atoms with E-state index in [-0.39, 0.29) is 6.54 Å². The van der Waals surface area contributed by atoms with Crippen LogP contribution in [0, 0.1) is 12.8 Å². The lowest BCUT2D eigenvalue weighted by Crippen LogP contribution is -2.36. The van der Waals surface area contributed by atoms with Crippen LogP contribution < -0.4 is 10.2 Å². The van der Waals surface area contributed by atoms with E-state index in [9.17, 15) is 23.1 Å². The van der Waals surface area contributed by atoms with Crippen LogP contribution in [0.15, 0.2) is 36.4 Å². The molecule has 2 N–H and O–H groups in total. The van der Waals surface area contributed by atoms with E-state index in [2.05, 4.69) is 10.2 Å². The number of morpholine rings is 1. The van der Waals surface area contributed by atoms with Gasteiger partial charge in [0.2, 0.25) is 0 Å². The minimum atomic E-state index is -4.23. The van der Waals surface area contributed by atoms with Crippen LogP contribution >= 0.6 is 0 Å². The van der Waals surface area contributed by atoms with E-state index in [1.165, 1.54) is 4.90 Å². The summed E-state index contributed by atoms with van der Waals surface area (Å²) >= 11 is 0. The second kappa shape index (κ2) is 11.5. The summed E-state index contributed by atoms with van der Waals surface area (Å²) in [5.41, 5.74) is 4.06. The molecule has 2 fully saturated rings. The topological polar surface area (TPSA) is 77.9 Å². The fourth-order valence-corrected chi connectivity index (χ4v) is 4.69. The van der Waals surface area contributed by atoms with E-state index >= 15 is 0 Å². The first-order chi connectivity index (χ1) is 17.6. The number of anilines is 2. The second-order valence-electron chi connectivity index (χ2n) is 9.72. The van der Waals surface area contributed by atoms with Crippen LogP contribution in [0.5, 0.6) is 0 Å². The van der Waals surface area contributed by atoms with Gasteiger partial charge in [-0.05, 0) is 73.2 Å². The molecular weight excluding hydrogens is 485 g/mol. The number of alkyl halides is 3. The molecule has 7 nitrogen and oxygen atoms in total. The number of nitrogens with zero attached hydrogens (tertiary/aromatic N) is 3. The Morgan fingerprint density at radius 3 is 2.70 bits per heavy atom. The Morgan fingerprint density at radius 1 is 1.24 bits per heavy atom. The maximum absolute atomic E-state index is 12.8. The molecule has 0 saturated carbocycles. The van der Waals surface area contributed by atoms with Gasteiger partial charge in [0.25, 0.3) is 0 Å². The molecular formula is C27H33F3N4O3. The van der Waals surface area contributed by atoms with Crippen molar-refractivity contribution in [3.8, 4) is 11.1 Å². The fraction of sp³-hybridized carbons (Fsp3) is 0.481. The lowest BCUT2D eigenvalue weighted by atomic mass is 9.99. The quantitative estimate of drug-likeness (QED) is 0.557. The Morgan fingerprint density at radius 2 is 2.00 bits per heavy atom. The first-order valence-corrected chi connectivity index (χ1v) is 12.5. The van der Waals surface area contributed by atoms with Gasteiger partial charge in [-0.3, -0.25) is 0 Å². The molecule has 2 aliphatic heterocycles. The van der Waals surface area contributed by atoms with Crippen LogP contribution in [-0.4, -0.2) is 72.7 Å². The highest BCUT2D eigenvalue weighted by Gasteiger charge is 2.36. The number of aryl methyl sites for hydroxylation is 1. The number of ether oxygens (including phenoxy) is 1. The molecule has 10 heteroatoms. The molecule has 2 saturated heterocycles.